The molecule has 0 saturated carbocycles. The molecule has 2 fully saturated rings. The number of nitrogens with zero attached hydrogens (tertiary/aromatic N) is 2. The standard InChI is InChI=1S/C14H28N4O/c1-17-7-2-13(3-8-17)12-16-14(19)4-9-18-10-5-15-6-11-18/h13,15H,2-12H2,1H3,(H,16,19). The number of rotatable bonds is 5. The van der Waals surface area contributed by atoms with Crippen LogP contribution in [-0.4, -0.2) is 75.1 Å². The quantitative estimate of drug-likeness (QED) is 0.721. The first-order valence-electron chi connectivity index (χ1n) is 7.62. The minimum Gasteiger partial charge on any atom is -0.356 e. The molecule has 0 aromatic rings. The monoisotopic (exact) mass is 268 g/mol. The van der Waals surface area contributed by atoms with Crippen LogP contribution < -0.4 is 10.6 Å². The first-order chi connectivity index (χ1) is 9.24. The molecule has 0 aliphatic carbocycles. The Morgan fingerprint density at radius 3 is 2.58 bits per heavy atom. The van der Waals surface area contributed by atoms with Crippen LogP contribution >= 0.6 is 0 Å². The Balaban J connectivity index is 1.54. The van der Waals surface area contributed by atoms with Crippen molar-refractivity contribution in [3.05, 3.63) is 0 Å². The molecule has 0 atom stereocenters. The van der Waals surface area contributed by atoms with Gasteiger partial charge in [0, 0.05) is 45.7 Å². The van der Waals surface area contributed by atoms with Gasteiger partial charge in [-0.15, -0.1) is 0 Å². The van der Waals surface area contributed by atoms with Crippen molar-refractivity contribution < 1.29 is 4.79 Å². The van der Waals surface area contributed by atoms with Gasteiger partial charge in [-0.25, -0.2) is 0 Å². The molecule has 2 rings (SSSR count). The summed E-state index contributed by atoms with van der Waals surface area (Å²) in [6.45, 7) is 8.36. The summed E-state index contributed by atoms with van der Waals surface area (Å²) < 4.78 is 0. The number of hydrogen-bond donors (Lipinski definition) is 2. The summed E-state index contributed by atoms with van der Waals surface area (Å²) in [5.41, 5.74) is 0. The topological polar surface area (TPSA) is 47.6 Å². The smallest absolute Gasteiger partial charge is 0.221 e. The Bertz CT molecular complexity index is 271. The molecule has 110 valence electrons. The minimum absolute atomic E-state index is 0.220. The van der Waals surface area contributed by atoms with E-state index in [1.165, 1.54) is 25.9 Å². The van der Waals surface area contributed by atoms with Crippen LogP contribution in [0.4, 0.5) is 0 Å². The predicted octanol–water partition coefficient (Wildman–Crippen LogP) is -0.260. The highest BCUT2D eigenvalue weighted by molar-refractivity contribution is 5.76. The lowest BCUT2D eigenvalue weighted by Crippen LogP contribution is -2.45. The number of hydrogen-bond acceptors (Lipinski definition) is 4. The van der Waals surface area contributed by atoms with Crippen molar-refractivity contribution in [1.29, 1.82) is 0 Å². The van der Waals surface area contributed by atoms with Gasteiger partial charge in [0.1, 0.15) is 0 Å². The molecule has 1 amide bonds. The third-order valence-electron chi connectivity index (χ3n) is 4.29. The van der Waals surface area contributed by atoms with Crippen molar-refractivity contribution in [2.24, 2.45) is 5.92 Å². The lowest BCUT2D eigenvalue weighted by molar-refractivity contribution is -0.121. The van der Waals surface area contributed by atoms with Gasteiger partial charge in [0.15, 0.2) is 0 Å². The van der Waals surface area contributed by atoms with Gasteiger partial charge >= 0.3 is 0 Å². The molecule has 2 aliphatic heterocycles. The van der Waals surface area contributed by atoms with Crippen LogP contribution in [0.5, 0.6) is 0 Å². The Hall–Kier alpha value is -0.650. The van der Waals surface area contributed by atoms with Crippen molar-refractivity contribution in [3.63, 3.8) is 0 Å². The lowest BCUT2D eigenvalue weighted by atomic mass is 9.97. The summed E-state index contributed by atoms with van der Waals surface area (Å²) in [5.74, 6) is 0.900. The molecule has 19 heavy (non-hydrogen) atoms. The maximum absolute atomic E-state index is 11.8. The van der Waals surface area contributed by atoms with E-state index in [2.05, 4.69) is 27.5 Å². The second kappa shape index (κ2) is 7.82. The predicted molar refractivity (Wildman–Crippen MR) is 77.2 cm³/mol. The zero-order valence-electron chi connectivity index (χ0n) is 12.2. The number of likely N-dealkylation sites (tertiary alicyclic amines) is 1. The van der Waals surface area contributed by atoms with Crippen molar-refractivity contribution in [1.82, 2.24) is 20.4 Å². The van der Waals surface area contributed by atoms with Gasteiger partial charge in [-0.05, 0) is 38.9 Å². The molecule has 5 heteroatoms. The van der Waals surface area contributed by atoms with E-state index in [1.807, 2.05) is 0 Å². The van der Waals surface area contributed by atoms with Crippen LogP contribution in [-0.2, 0) is 4.79 Å². The van der Waals surface area contributed by atoms with Gasteiger partial charge in [-0.2, -0.15) is 0 Å². The lowest BCUT2D eigenvalue weighted by Gasteiger charge is -2.29. The average molecular weight is 268 g/mol. The molecule has 2 aliphatic rings. The van der Waals surface area contributed by atoms with Crippen molar-refractivity contribution in [3.8, 4) is 0 Å². The van der Waals surface area contributed by atoms with Crippen molar-refractivity contribution >= 4 is 5.91 Å². The molecule has 0 aromatic heterocycles. The summed E-state index contributed by atoms with van der Waals surface area (Å²) in [4.78, 5) is 16.6. The molecule has 2 heterocycles. The number of carbonyl (C=O) groups excluding carboxylic acids is 1. The van der Waals surface area contributed by atoms with E-state index in [1.54, 1.807) is 0 Å². The van der Waals surface area contributed by atoms with E-state index in [0.29, 0.717) is 12.3 Å². The largest absolute Gasteiger partial charge is 0.356 e. The van der Waals surface area contributed by atoms with E-state index in [9.17, 15) is 4.79 Å². The van der Waals surface area contributed by atoms with E-state index in [-0.39, 0.29) is 5.91 Å². The maximum atomic E-state index is 11.8. The molecule has 0 bridgehead atoms. The second-order valence-electron chi connectivity index (χ2n) is 5.89. The molecule has 0 aromatic carbocycles. The second-order valence-corrected chi connectivity index (χ2v) is 5.89. The number of piperazine rings is 1. The highest BCUT2D eigenvalue weighted by atomic mass is 16.1. The van der Waals surface area contributed by atoms with Crippen LogP contribution in [0.1, 0.15) is 19.3 Å². The highest BCUT2D eigenvalue weighted by Gasteiger charge is 2.17. The van der Waals surface area contributed by atoms with Gasteiger partial charge in [0.2, 0.25) is 5.91 Å². The van der Waals surface area contributed by atoms with Gasteiger partial charge in [0.25, 0.3) is 0 Å². The molecule has 0 spiro atoms. The summed E-state index contributed by atoms with van der Waals surface area (Å²) in [5, 5.41) is 6.43. The van der Waals surface area contributed by atoms with E-state index in [4.69, 9.17) is 0 Å². The maximum Gasteiger partial charge on any atom is 0.221 e. The Morgan fingerprint density at radius 2 is 1.89 bits per heavy atom. The summed E-state index contributed by atoms with van der Waals surface area (Å²) in [7, 11) is 2.17. The van der Waals surface area contributed by atoms with Crippen LogP contribution in [0.3, 0.4) is 0 Å². The van der Waals surface area contributed by atoms with Crippen molar-refractivity contribution in [2.75, 3.05) is 59.4 Å². The third kappa shape index (κ3) is 5.47. The molecular formula is C14H28N4O. The molecule has 5 nitrogen and oxygen atoms in total. The SMILES string of the molecule is CN1CCC(CNC(=O)CCN2CCNCC2)CC1. The fourth-order valence-corrected chi connectivity index (χ4v) is 2.81. The number of carbonyl (C=O) groups is 1. The average Bonchev–Trinajstić information content (AvgIpc) is 2.45. The summed E-state index contributed by atoms with van der Waals surface area (Å²) >= 11 is 0. The zero-order chi connectivity index (χ0) is 13.5. The molecule has 0 radical (unpaired) electrons. The fraction of sp³-hybridized carbons (Fsp3) is 0.929. The normalized spacial score (nSPS) is 23.4. The van der Waals surface area contributed by atoms with E-state index in [0.717, 1.165) is 39.3 Å². The molecule has 2 saturated heterocycles. The summed E-state index contributed by atoms with van der Waals surface area (Å²) in [6.07, 6.45) is 3.08. The Kier molecular flexibility index (Phi) is 6.07. The Labute approximate surface area is 116 Å². The minimum atomic E-state index is 0.220. The fourth-order valence-electron chi connectivity index (χ4n) is 2.81. The Morgan fingerprint density at radius 1 is 1.21 bits per heavy atom. The first-order valence-corrected chi connectivity index (χ1v) is 7.62. The van der Waals surface area contributed by atoms with Gasteiger partial charge in [0.05, 0.1) is 0 Å². The van der Waals surface area contributed by atoms with E-state index < -0.39 is 0 Å². The highest BCUT2D eigenvalue weighted by Crippen LogP contribution is 2.14. The summed E-state index contributed by atoms with van der Waals surface area (Å²) in [6, 6.07) is 0. The van der Waals surface area contributed by atoms with Crippen LogP contribution in [0.15, 0.2) is 0 Å². The zero-order valence-corrected chi connectivity index (χ0v) is 12.2. The number of piperidine rings is 1. The molecular weight excluding hydrogens is 240 g/mol. The molecule has 0 unspecified atom stereocenters. The van der Waals surface area contributed by atoms with Gasteiger partial charge in [-0.1, -0.05) is 0 Å². The van der Waals surface area contributed by atoms with Crippen molar-refractivity contribution in [2.45, 2.75) is 19.3 Å². The number of nitrogens with one attached hydrogen (secondary N) is 2. The molecule has 2 N–H and O–H groups in total. The van der Waals surface area contributed by atoms with Gasteiger partial charge in [-0.3, -0.25) is 4.79 Å². The van der Waals surface area contributed by atoms with Crippen LogP contribution in [0.2, 0.25) is 0 Å². The van der Waals surface area contributed by atoms with E-state index >= 15 is 0 Å². The third-order valence-corrected chi connectivity index (χ3v) is 4.29. The number of amides is 1. The first kappa shape index (κ1) is 14.8. The van der Waals surface area contributed by atoms with Gasteiger partial charge < -0.3 is 20.4 Å². The van der Waals surface area contributed by atoms with Crippen LogP contribution in [0, 0.1) is 5.92 Å². The van der Waals surface area contributed by atoms with Crippen LogP contribution in [0.25, 0.3) is 0 Å².